The number of methoxy groups -OCH3 is 1. The standard InChI is InChI=1S/C22H18ClNO5S2/c1-29-16-8-4-14(5-9-16)19-21(31(27,28)18-10-6-15(23)7-11-18)20(25)22(26)24(19)13-17-3-2-12-30-17/h2-12,19,25H,13H2,1H3/t19-/m1/s1. The van der Waals surface area contributed by atoms with Gasteiger partial charge < -0.3 is 14.7 Å². The van der Waals surface area contributed by atoms with E-state index in [1.165, 1.54) is 47.6 Å². The van der Waals surface area contributed by atoms with Gasteiger partial charge in [-0.2, -0.15) is 0 Å². The van der Waals surface area contributed by atoms with Gasteiger partial charge in [-0.15, -0.1) is 11.3 Å². The van der Waals surface area contributed by atoms with Crippen LogP contribution in [-0.2, 0) is 21.2 Å². The lowest BCUT2D eigenvalue weighted by Crippen LogP contribution is -2.30. The van der Waals surface area contributed by atoms with Crippen LogP contribution in [0.5, 0.6) is 5.75 Å². The molecule has 0 spiro atoms. The van der Waals surface area contributed by atoms with Gasteiger partial charge in [0.2, 0.25) is 9.84 Å². The highest BCUT2D eigenvalue weighted by Gasteiger charge is 2.46. The molecule has 0 saturated carbocycles. The van der Waals surface area contributed by atoms with Crippen molar-refractivity contribution < 1.29 is 23.1 Å². The number of carbonyl (C=O) groups excluding carboxylic acids is 1. The topological polar surface area (TPSA) is 83.9 Å². The third-order valence-corrected chi connectivity index (χ3v) is 8.01. The second-order valence-corrected chi connectivity index (χ2v) is 10.2. The Morgan fingerprint density at radius 1 is 1.10 bits per heavy atom. The van der Waals surface area contributed by atoms with E-state index in [0.717, 1.165) is 4.88 Å². The van der Waals surface area contributed by atoms with Crippen LogP contribution in [0.25, 0.3) is 0 Å². The Bertz CT molecular complexity index is 1230. The second kappa shape index (κ2) is 8.37. The lowest BCUT2D eigenvalue weighted by atomic mass is 10.1. The fraction of sp³-hybridized carbons (Fsp3) is 0.136. The van der Waals surface area contributed by atoms with Crippen LogP contribution in [-0.4, -0.2) is 31.4 Å². The van der Waals surface area contributed by atoms with Gasteiger partial charge in [0.1, 0.15) is 10.7 Å². The zero-order chi connectivity index (χ0) is 22.2. The Labute approximate surface area is 188 Å². The van der Waals surface area contributed by atoms with E-state index in [9.17, 15) is 18.3 Å². The van der Waals surface area contributed by atoms with Crippen molar-refractivity contribution in [3.63, 3.8) is 0 Å². The summed E-state index contributed by atoms with van der Waals surface area (Å²) in [6.07, 6.45) is 0. The maximum atomic E-state index is 13.5. The third kappa shape index (κ3) is 3.94. The zero-order valence-electron chi connectivity index (χ0n) is 16.4. The average Bonchev–Trinajstić information content (AvgIpc) is 3.37. The zero-order valence-corrected chi connectivity index (χ0v) is 18.7. The van der Waals surface area contributed by atoms with Crippen LogP contribution in [0.3, 0.4) is 0 Å². The van der Waals surface area contributed by atoms with Gasteiger partial charge in [0.25, 0.3) is 5.91 Å². The molecule has 31 heavy (non-hydrogen) atoms. The Hall–Kier alpha value is -2.81. The molecule has 1 N–H and O–H groups in total. The summed E-state index contributed by atoms with van der Waals surface area (Å²) in [7, 11) is -2.65. The summed E-state index contributed by atoms with van der Waals surface area (Å²) < 4.78 is 32.2. The van der Waals surface area contributed by atoms with E-state index in [1.807, 2.05) is 17.5 Å². The van der Waals surface area contributed by atoms with E-state index < -0.39 is 27.5 Å². The summed E-state index contributed by atoms with van der Waals surface area (Å²) in [5.41, 5.74) is 0.544. The van der Waals surface area contributed by atoms with Gasteiger partial charge in [-0.25, -0.2) is 8.42 Å². The van der Waals surface area contributed by atoms with Gasteiger partial charge in [-0.05, 0) is 53.4 Å². The lowest BCUT2D eigenvalue weighted by Gasteiger charge is -2.26. The fourth-order valence-electron chi connectivity index (χ4n) is 3.50. The van der Waals surface area contributed by atoms with Gasteiger partial charge in [0.05, 0.1) is 24.6 Å². The predicted molar refractivity (Wildman–Crippen MR) is 119 cm³/mol. The van der Waals surface area contributed by atoms with Crippen LogP contribution in [0, 0.1) is 0 Å². The molecule has 1 aliphatic rings. The molecule has 9 heteroatoms. The Balaban J connectivity index is 1.85. The minimum absolute atomic E-state index is 0.0530. The average molecular weight is 476 g/mol. The number of halogens is 1. The smallest absolute Gasteiger partial charge is 0.290 e. The molecule has 2 heterocycles. The monoisotopic (exact) mass is 475 g/mol. The highest BCUT2D eigenvalue weighted by Crippen LogP contribution is 2.43. The van der Waals surface area contributed by atoms with E-state index in [-0.39, 0.29) is 16.3 Å². The van der Waals surface area contributed by atoms with Crippen molar-refractivity contribution in [2.24, 2.45) is 0 Å². The summed E-state index contributed by atoms with van der Waals surface area (Å²) in [6.45, 7) is 0.164. The van der Waals surface area contributed by atoms with Crippen molar-refractivity contribution in [1.82, 2.24) is 4.90 Å². The predicted octanol–water partition coefficient (Wildman–Crippen LogP) is 4.74. The molecular weight excluding hydrogens is 458 g/mol. The van der Waals surface area contributed by atoms with Gasteiger partial charge >= 0.3 is 0 Å². The van der Waals surface area contributed by atoms with Crippen molar-refractivity contribution in [2.75, 3.05) is 7.11 Å². The first-order valence-electron chi connectivity index (χ1n) is 9.24. The number of hydrogen-bond donors (Lipinski definition) is 1. The number of amides is 1. The highest BCUT2D eigenvalue weighted by atomic mass is 35.5. The Morgan fingerprint density at radius 3 is 2.35 bits per heavy atom. The number of ether oxygens (including phenoxy) is 1. The number of thiophene rings is 1. The summed E-state index contributed by atoms with van der Waals surface area (Å²) in [4.78, 5) is 14.8. The SMILES string of the molecule is COc1ccc([C@@H]2C(S(=O)(=O)c3ccc(Cl)cc3)=C(O)C(=O)N2Cc2cccs2)cc1. The number of aliphatic hydroxyl groups is 1. The molecule has 0 radical (unpaired) electrons. The van der Waals surface area contributed by atoms with E-state index in [2.05, 4.69) is 0 Å². The van der Waals surface area contributed by atoms with Crippen LogP contribution in [0.2, 0.25) is 5.02 Å². The number of sulfone groups is 1. The molecule has 1 atom stereocenters. The molecular formula is C22H18ClNO5S2. The molecule has 6 nitrogen and oxygen atoms in total. The molecule has 0 fully saturated rings. The maximum Gasteiger partial charge on any atom is 0.290 e. The molecule has 1 amide bonds. The highest BCUT2D eigenvalue weighted by molar-refractivity contribution is 7.95. The van der Waals surface area contributed by atoms with E-state index in [4.69, 9.17) is 16.3 Å². The number of nitrogens with zero attached hydrogens (tertiary/aromatic N) is 1. The molecule has 2 aromatic carbocycles. The van der Waals surface area contributed by atoms with Crippen molar-refractivity contribution in [1.29, 1.82) is 0 Å². The summed E-state index contributed by atoms with van der Waals surface area (Å²) in [5, 5.41) is 13.0. The van der Waals surface area contributed by atoms with Crippen LogP contribution in [0.1, 0.15) is 16.5 Å². The van der Waals surface area contributed by atoms with Crippen molar-refractivity contribution >= 4 is 38.7 Å². The first-order chi connectivity index (χ1) is 14.8. The first kappa shape index (κ1) is 21.4. The fourth-order valence-corrected chi connectivity index (χ4v) is 5.97. The number of rotatable bonds is 6. The van der Waals surface area contributed by atoms with Gasteiger partial charge in [0.15, 0.2) is 5.76 Å². The van der Waals surface area contributed by atoms with E-state index >= 15 is 0 Å². The minimum atomic E-state index is -4.18. The quantitative estimate of drug-likeness (QED) is 0.556. The van der Waals surface area contributed by atoms with Crippen LogP contribution in [0.15, 0.2) is 81.6 Å². The summed E-state index contributed by atoms with van der Waals surface area (Å²) in [5.74, 6) is -0.915. The molecule has 0 bridgehead atoms. The van der Waals surface area contributed by atoms with Crippen LogP contribution >= 0.6 is 22.9 Å². The molecule has 4 rings (SSSR count). The Morgan fingerprint density at radius 2 is 1.77 bits per heavy atom. The number of hydrogen-bond acceptors (Lipinski definition) is 6. The summed E-state index contributed by atoms with van der Waals surface area (Å²) in [6, 6.07) is 15.1. The first-order valence-corrected chi connectivity index (χ1v) is 12.0. The Kier molecular flexibility index (Phi) is 5.79. The lowest BCUT2D eigenvalue weighted by molar-refractivity contribution is -0.130. The molecule has 3 aromatic rings. The van der Waals surface area contributed by atoms with Gasteiger partial charge in [-0.3, -0.25) is 4.79 Å². The number of benzene rings is 2. The number of aliphatic hydroxyl groups excluding tert-OH is 1. The normalized spacial score (nSPS) is 16.8. The molecule has 1 aromatic heterocycles. The van der Waals surface area contributed by atoms with Crippen molar-refractivity contribution in [3.05, 3.63) is 92.2 Å². The van der Waals surface area contributed by atoms with Crippen molar-refractivity contribution in [2.45, 2.75) is 17.5 Å². The van der Waals surface area contributed by atoms with E-state index in [1.54, 1.807) is 24.3 Å². The maximum absolute atomic E-state index is 13.5. The molecule has 0 unspecified atom stereocenters. The second-order valence-electron chi connectivity index (χ2n) is 6.86. The molecule has 0 aliphatic carbocycles. The van der Waals surface area contributed by atoms with Crippen LogP contribution < -0.4 is 4.74 Å². The van der Waals surface area contributed by atoms with Gasteiger partial charge in [0, 0.05) is 9.90 Å². The molecule has 0 saturated heterocycles. The van der Waals surface area contributed by atoms with Crippen LogP contribution in [0.4, 0.5) is 0 Å². The minimum Gasteiger partial charge on any atom is -0.502 e. The van der Waals surface area contributed by atoms with E-state index in [0.29, 0.717) is 16.3 Å². The van der Waals surface area contributed by atoms with Gasteiger partial charge in [-0.1, -0.05) is 29.8 Å². The molecule has 1 aliphatic heterocycles. The van der Waals surface area contributed by atoms with Crippen molar-refractivity contribution in [3.8, 4) is 5.75 Å². The number of carbonyl (C=O) groups is 1. The molecule has 160 valence electrons. The largest absolute Gasteiger partial charge is 0.502 e. The third-order valence-electron chi connectivity index (χ3n) is 5.01. The summed E-state index contributed by atoms with van der Waals surface area (Å²) >= 11 is 7.34.